The Bertz CT molecular complexity index is 1230. The van der Waals surface area contributed by atoms with Crippen LogP contribution in [0.2, 0.25) is 0 Å². The predicted molar refractivity (Wildman–Crippen MR) is 189 cm³/mol. The molecule has 7 nitrogen and oxygen atoms in total. The van der Waals surface area contributed by atoms with Gasteiger partial charge in [-0.2, -0.15) is 0 Å². The number of carbonyl (C=O) groups excluding carboxylic acids is 2. The van der Waals surface area contributed by atoms with Gasteiger partial charge in [0.15, 0.2) is 0 Å². The molecule has 2 aliphatic rings. The number of aliphatic hydroxyl groups is 2. The fourth-order valence-electron chi connectivity index (χ4n) is 8.43. The van der Waals surface area contributed by atoms with Gasteiger partial charge in [0.05, 0.1) is 51.5 Å². The summed E-state index contributed by atoms with van der Waals surface area (Å²) in [4.78, 5) is 33.5. The number of thiazole rings is 1. The number of epoxide rings is 1. The van der Waals surface area contributed by atoms with Crippen LogP contribution < -0.4 is 5.32 Å². The number of amides is 1. The molecule has 46 heavy (non-hydrogen) atoms. The first-order chi connectivity index (χ1) is 21.4. The van der Waals surface area contributed by atoms with Crippen LogP contribution in [0.5, 0.6) is 0 Å². The topological polar surface area (TPSA) is 112 Å². The highest BCUT2D eigenvalue weighted by atomic mass is 32.1. The number of aliphatic hydroxyl groups excluding tert-OH is 2. The van der Waals surface area contributed by atoms with E-state index in [1.807, 2.05) is 27.7 Å². The summed E-state index contributed by atoms with van der Waals surface area (Å²) in [7, 11) is 0. The summed E-state index contributed by atoms with van der Waals surface area (Å²) in [6.07, 6.45) is 5.13. The van der Waals surface area contributed by atoms with E-state index in [-0.39, 0.29) is 41.1 Å². The highest BCUT2D eigenvalue weighted by molar-refractivity contribution is 7.09. The van der Waals surface area contributed by atoms with Crippen LogP contribution in [0.25, 0.3) is 6.08 Å². The molecular formula is C38H64N2O5S. The molecule has 2 fully saturated rings. The normalized spacial score (nSPS) is 37.1. The van der Waals surface area contributed by atoms with Crippen LogP contribution in [0.3, 0.4) is 0 Å². The van der Waals surface area contributed by atoms with Crippen LogP contribution in [0.1, 0.15) is 145 Å². The van der Waals surface area contributed by atoms with Crippen molar-refractivity contribution in [2.24, 2.45) is 35.0 Å². The van der Waals surface area contributed by atoms with Crippen LogP contribution >= 0.6 is 11.3 Å². The Balaban J connectivity index is 2.13. The first kappa shape index (κ1) is 38.8. The second kappa shape index (κ2) is 15.3. The molecule has 0 saturated carbocycles. The van der Waals surface area contributed by atoms with Gasteiger partial charge in [0.25, 0.3) is 0 Å². The van der Waals surface area contributed by atoms with Gasteiger partial charge >= 0.3 is 0 Å². The number of carbonyl (C=O) groups is 2. The van der Waals surface area contributed by atoms with E-state index < -0.39 is 35.1 Å². The van der Waals surface area contributed by atoms with Crippen molar-refractivity contribution in [3.05, 3.63) is 21.7 Å². The number of fused-ring (bicyclic) bond motifs is 1. The lowest BCUT2D eigenvalue weighted by molar-refractivity contribution is -0.156. The number of aromatic nitrogens is 1. The molecule has 0 spiro atoms. The van der Waals surface area contributed by atoms with Gasteiger partial charge in [-0.15, -0.1) is 11.3 Å². The number of rotatable bonds is 8. The van der Waals surface area contributed by atoms with Gasteiger partial charge in [-0.3, -0.25) is 9.59 Å². The maximum atomic E-state index is 14.5. The molecule has 0 bridgehead atoms. The van der Waals surface area contributed by atoms with Crippen molar-refractivity contribution >= 4 is 29.1 Å². The van der Waals surface area contributed by atoms with Crippen LogP contribution in [-0.4, -0.2) is 56.3 Å². The highest BCUT2D eigenvalue weighted by Gasteiger charge is 2.65. The van der Waals surface area contributed by atoms with Gasteiger partial charge in [0.2, 0.25) is 5.91 Å². The van der Waals surface area contributed by atoms with Crippen LogP contribution in [0.15, 0.2) is 11.0 Å². The second-order valence-electron chi connectivity index (χ2n) is 15.5. The molecule has 8 heteroatoms. The molecular weight excluding hydrogens is 596 g/mol. The van der Waals surface area contributed by atoms with Crippen molar-refractivity contribution < 1.29 is 24.5 Å². The third-order valence-corrected chi connectivity index (χ3v) is 13.0. The van der Waals surface area contributed by atoms with Gasteiger partial charge in [-0.1, -0.05) is 82.6 Å². The van der Waals surface area contributed by atoms with E-state index in [1.165, 1.54) is 0 Å². The number of ketones is 1. The summed E-state index contributed by atoms with van der Waals surface area (Å²) in [6.45, 7) is 24.3. The number of ether oxygens (including phenoxy) is 1. The second-order valence-corrected chi connectivity index (χ2v) is 16.4. The lowest BCUT2D eigenvalue weighted by Crippen LogP contribution is -2.56. The average Bonchev–Trinajstić information content (AvgIpc) is 3.31. The molecule has 3 rings (SSSR count). The SMILES string of the molecule is CC/C(=C\c1csc(C(C)C)n1)[C@@H]1C[C@]2(C)O[C@]2(CC)CCC[C@H](C(C)C)[C@H](O)[C@@H](C)C(=O)C(CC)(C(C)C)[C@@H](O)C(C)C(=O)N1. The zero-order chi connectivity index (χ0) is 34.8. The molecule has 0 aliphatic carbocycles. The van der Waals surface area contributed by atoms with E-state index >= 15 is 0 Å². The molecule has 2 aliphatic heterocycles. The van der Waals surface area contributed by atoms with Gasteiger partial charge < -0.3 is 20.3 Å². The minimum absolute atomic E-state index is 0.0680. The number of hydrogen-bond acceptors (Lipinski definition) is 7. The summed E-state index contributed by atoms with van der Waals surface area (Å²) >= 11 is 1.65. The highest BCUT2D eigenvalue weighted by Crippen LogP contribution is 2.57. The van der Waals surface area contributed by atoms with Crippen LogP contribution in [0.4, 0.5) is 0 Å². The quantitative estimate of drug-likeness (QED) is 0.244. The minimum Gasteiger partial charge on any atom is -0.392 e. The standard InChI is InChI=1S/C38H64N2O5S/c1-13-27(19-28-21-46-35(39-28)23(6)7)30-20-36(12)37(14-2,45-36)18-16-17-29(22(4)5)31(41)25(10)32(42)38(15-3,24(8)9)33(43)26(11)34(44)40-30/h19,21-26,29-31,33,41,43H,13-18,20H2,1-12H3,(H,40,44)/b27-19+/t25-,26?,29-,30+,31-,33+,36+,37-,38?/m1/s1. The number of nitrogens with one attached hydrogen (secondary N) is 1. The molecule has 1 aromatic heterocycles. The summed E-state index contributed by atoms with van der Waals surface area (Å²) < 4.78 is 6.65. The Morgan fingerprint density at radius 3 is 2.24 bits per heavy atom. The lowest BCUT2D eigenvalue weighted by Gasteiger charge is -2.45. The van der Waals surface area contributed by atoms with E-state index in [1.54, 1.807) is 18.3 Å². The Morgan fingerprint density at radius 1 is 1.09 bits per heavy atom. The van der Waals surface area contributed by atoms with Crippen molar-refractivity contribution in [1.29, 1.82) is 0 Å². The third kappa shape index (κ3) is 7.50. The summed E-state index contributed by atoms with van der Waals surface area (Å²) in [5.41, 5.74) is 0.0398. The molecule has 262 valence electrons. The van der Waals surface area contributed by atoms with Crippen molar-refractivity contribution in [2.75, 3.05) is 0 Å². The van der Waals surface area contributed by atoms with Crippen molar-refractivity contribution in [2.45, 2.75) is 163 Å². The zero-order valence-corrected chi connectivity index (χ0v) is 31.6. The molecule has 2 unspecified atom stereocenters. The van der Waals surface area contributed by atoms with E-state index in [4.69, 9.17) is 9.72 Å². The molecule has 3 N–H and O–H groups in total. The van der Waals surface area contributed by atoms with Gasteiger partial charge in [0, 0.05) is 23.6 Å². The number of Topliss-reactive ketones (excluding diaryl/α,β-unsaturated/α-hetero) is 1. The summed E-state index contributed by atoms with van der Waals surface area (Å²) in [5, 5.41) is 30.2. The minimum atomic E-state index is -1.21. The van der Waals surface area contributed by atoms with Crippen molar-refractivity contribution in [3.8, 4) is 0 Å². The molecule has 0 radical (unpaired) electrons. The molecule has 0 aromatic carbocycles. The Labute approximate surface area is 283 Å². The van der Waals surface area contributed by atoms with Crippen LogP contribution in [-0.2, 0) is 14.3 Å². The maximum Gasteiger partial charge on any atom is 0.225 e. The van der Waals surface area contributed by atoms with E-state index in [9.17, 15) is 19.8 Å². The first-order valence-electron chi connectivity index (χ1n) is 18.0. The summed E-state index contributed by atoms with van der Waals surface area (Å²) in [5.74, 6) is -1.73. The van der Waals surface area contributed by atoms with Gasteiger partial charge in [0.1, 0.15) is 5.78 Å². The van der Waals surface area contributed by atoms with E-state index in [2.05, 4.69) is 65.2 Å². The average molecular weight is 661 g/mol. The fraction of sp³-hybridized carbons (Fsp3) is 0.816. The van der Waals surface area contributed by atoms with Gasteiger partial charge in [-0.25, -0.2) is 4.98 Å². The maximum absolute atomic E-state index is 14.5. The molecule has 1 amide bonds. The Kier molecular flexibility index (Phi) is 12.9. The molecule has 1 aromatic rings. The largest absolute Gasteiger partial charge is 0.392 e. The fourth-order valence-corrected chi connectivity index (χ4v) is 9.23. The summed E-state index contributed by atoms with van der Waals surface area (Å²) in [6, 6.07) is -0.322. The molecule has 3 heterocycles. The number of nitrogens with zero attached hydrogens (tertiary/aromatic N) is 1. The Hall–Kier alpha value is -1.61. The van der Waals surface area contributed by atoms with Crippen LogP contribution in [0, 0.1) is 35.0 Å². The van der Waals surface area contributed by atoms with E-state index in [0.717, 1.165) is 48.4 Å². The monoisotopic (exact) mass is 660 g/mol. The lowest BCUT2D eigenvalue weighted by atomic mass is 9.60. The smallest absolute Gasteiger partial charge is 0.225 e. The third-order valence-electron chi connectivity index (χ3n) is 11.9. The zero-order valence-electron chi connectivity index (χ0n) is 30.8. The Morgan fingerprint density at radius 2 is 1.74 bits per heavy atom. The molecule has 2 saturated heterocycles. The predicted octanol–water partition coefficient (Wildman–Crippen LogP) is 7.94. The first-order valence-corrected chi connectivity index (χ1v) is 18.9. The van der Waals surface area contributed by atoms with Crippen molar-refractivity contribution in [3.63, 3.8) is 0 Å². The molecule has 9 atom stereocenters. The van der Waals surface area contributed by atoms with E-state index in [0.29, 0.717) is 18.8 Å². The number of hydrogen-bond donors (Lipinski definition) is 3. The van der Waals surface area contributed by atoms with Crippen molar-refractivity contribution in [1.82, 2.24) is 10.3 Å². The van der Waals surface area contributed by atoms with Gasteiger partial charge in [-0.05, 0) is 68.4 Å².